The molecule has 2 heterocycles. The Kier molecular flexibility index (Phi) is 5.51. The topological polar surface area (TPSA) is 53.9 Å². The highest BCUT2D eigenvalue weighted by atomic mass is 19.1. The van der Waals surface area contributed by atoms with Crippen LogP contribution < -0.4 is 5.32 Å². The van der Waals surface area contributed by atoms with E-state index < -0.39 is 6.23 Å². The van der Waals surface area contributed by atoms with Gasteiger partial charge in [-0.05, 0) is 48.6 Å². The van der Waals surface area contributed by atoms with Crippen molar-refractivity contribution < 1.29 is 14.0 Å². The minimum Gasteiger partial charge on any atom is -0.364 e. The van der Waals surface area contributed by atoms with E-state index in [-0.39, 0.29) is 17.6 Å². The predicted octanol–water partition coefficient (Wildman–Crippen LogP) is 4.43. The average Bonchev–Trinajstić information content (AvgIpc) is 3.24. The third-order valence-corrected chi connectivity index (χ3v) is 5.68. The number of oxime groups is 1. The zero-order valence-electron chi connectivity index (χ0n) is 16.8. The Morgan fingerprint density at radius 3 is 2.55 bits per heavy atom. The molecule has 1 N–H and O–H groups in total. The third-order valence-electron chi connectivity index (χ3n) is 5.68. The Bertz CT molecular complexity index is 903. The van der Waals surface area contributed by atoms with Crippen LogP contribution in [0.1, 0.15) is 60.3 Å². The summed E-state index contributed by atoms with van der Waals surface area (Å²) in [5, 5.41) is 7.44. The summed E-state index contributed by atoms with van der Waals surface area (Å²) in [4.78, 5) is 20.2. The lowest BCUT2D eigenvalue weighted by Crippen LogP contribution is -2.42. The van der Waals surface area contributed by atoms with Gasteiger partial charge in [0.2, 0.25) is 6.23 Å². The molecule has 1 saturated heterocycles. The number of hydrogen-bond donors (Lipinski definition) is 1. The quantitative estimate of drug-likeness (QED) is 0.833. The van der Waals surface area contributed by atoms with Gasteiger partial charge in [0.1, 0.15) is 11.7 Å². The fraction of sp³-hybridized carbons (Fsp3) is 0.391. The highest BCUT2D eigenvalue weighted by molar-refractivity contribution is 5.94. The van der Waals surface area contributed by atoms with Gasteiger partial charge in [-0.1, -0.05) is 43.3 Å². The van der Waals surface area contributed by atoms with E-state index >= 15 is 0 Å². The van der Waals surface area contributed by atoms with Gasteiger partial charge in [0, 0.05) is 30.1 Å². The first-order valence-electron chi connectivity index (χ1n) is 10.2. The number of likely N-dealkylation sites (tertiary alicyclic amines) is 1. The number of carbonyl (C=O) groups excluding carboxylic acids is 1. The third kappa shape index (κ3) is 4.26. The Morgan fingerprint density at radius 1 is 1.17 bits per heavy atom. The number of benzene rings is 2. The number of hydrogen-bond acceptors (Lipinski definition) is 4. The van der Waals surface area contributed by atoms with Gasteiger partial charge in [0.25, 0.3) is 5.91 Å². The van der Waals surface area contributed by atoms with Crippen LogP contribution in [0, 0.1) is 11.7 Å². The molecule has 152 valence electrons. The van der Waals surface area contributed by atoms with E-state index in [1.54, 1.807) is 6.07 Å². The van der Waals surface area contributed by atoms with Crippen molar-refractivity contribution in [1.29, 1.82) is 0 Å². The Labute approximate surface area is 170 Å². The molecular formula is C23H26FN3O2. The normalized spacial score (nSPS) is 19.7. The molecule has 2 aromatic rings. The van der Waals surface area contributed by atoms with Crippen molar-refractivity contribution in [3.8, 4) is 0 Å². The van der Waals surface area contributed by atoms with Gasteiger partial charge in [0.15, 0.2) is 0 Å². The van der Waals surface area contributed by atoms with Gasteiger partial charge in [-0.2, -0.15) is 0 Å². The van der Waals surface area contributed by atoms with Crippen molar-refractivity contribution in [2.24, 2.45) is 11.1 Å². The Balaban J connectivity index is 1.32. The summed E-state index contributed by atoms with van der Waals surface area (Å²) in [5.41, 5.74) is 2.68. The van der Waals surface area contributed by atoms with E-state index in [1.165, 1.54) is 17.7 Å². The first kappa shape index (κ1) is 19.4. The monoisotopic (exact) mass is 395 g/mol. The van der Waals surface area contributed by atoms with Gasteiger partial charge in [0.05, 0.1) is 0 Å². The molecule has 0 radical (unpaired) electrons. The summed E-state index contributed by atoms with van der Waals surface area (Å²) in [5.74, 6) is 1.23. The molecule has 0 saturated carbocycles. The first-order valence-corrected chi connectivity index (χ1v) is 10.2. The zero-order valence-corrected chi connectivity index (χ0v) is 16.8. The molecule has 2 aliphatic rings. The summed E-state index contributed by atoms with van der Waals surface area (Å²) in [7, 11) is 0. The lowest BCUT2D eigenvalue weighted by molar-refractivity contribution is 0.0709. The molecule has 5 nitrogen and oxygen atoms in total. The van der Waals surface area contributed by atoms with Gasteiger partial charge in [-0.15, -0.1) is 0 Å². The Morgan fingerprint density at radius 2 is 1.90 bits per heavy atom. The maximum absolute atomic E-state index is 13.4. The molecule has 29 heavy (non-hydrogen) atoms. The molecule has 6 heteroatoms. The molecule has 0 aliphatic carbocycles. The number of piperidine rings is 1. The number of carbonyl (C=O) groups is 1. The molecular weight excluding hydrogens is 369 g/mol. The molecule has 0 aromatic heterocycles. The molecule has 1 atom stereocenters. The average molecular weight is 395 g/mol. The van der Waals surface area contributed by atoms with Crippen molar-refractivity contribution in [1.82, 2.24) is 10.2 Å². The smallest absolute Gasteiger partial charge is 0.253 e. The van der Waals surface area contributed by atoms with Gasteiger partial charge in [-0.3, -0.25) is 4.79 Å². The van der Waals surface area contributed by atoms with Gasteiger partial charge >= 0.3 is 0 Å². The fourth-order valence-corrected chi connectivity index (χ4v) is 3.85. The predicted molar refractivity (Wildman–Crippen MR) is 110 cm³/mol. The van der Waals surface area contributed by atoms with Crippen LogP contribution in [0.4, 0.5) is 4.39 Å². The number of nitrogens with one attached hydrogen (secondary N) is 1. The largest absolute Gasteiger partial charge is 0.364 e. The van der Waals surface area contributed by atoms with E-state index in [9.17, 15) is 9.18 Å². The second-order valence-electron chi connectivity index (χ2n) is 8.00. The number of rotatable bonds is 4. The summed E-state index contributed by atoms with van der Waals surface area (Å²) >= 11 is 0. The molecule has 2 aromatic carbocycles. The summed E-state index contributed by atoms with van der Waals surface area (Å²) in [6.45, 7) is 5.65. The van der Waals surface area contributed by atoms with Crippen LogP contribution in [0.15, 0.2) is 53.7 Å². The molecule has 0 bridgehead atoms. The van der Waals surface area contributed by atoms with E-state index in [4.69, 9.17) is 4.84 Å². The van der Waals surface area contributed by atoms with E-state index in [0.717, 1.165) is 24.2 Å². The van der Waals surface area contributed by atoms with E-state index in [0.29, 0.717) is 24.6 Å². The zero-order chi connectivity index (χ0) is 20.4. The first-order chi connectivity index (χ1) is 14.0. The minimum absolute atomic E-state index is 0.0777. The fourth-order valence-electron chi connectivity index (χ4n) is 3.85. The highest BCUT2D eigenvalue weighted by Crippen LogP contribution is 2.26. The number of halogens is 1. The van der Waals surface area contributed by atoms with Crippen molar-refractivity contribution in [2.75, 3.05) is 13.1 Å². The lowest BCUT2D eigenvalue weighted by Gasteiger charge is -2.31. The maximum Gasteiger partial charge on any atom is 0.253 e. The van der Waals surface area contributed by atoms with Crippen LogP contribution in [0.5, 0.6) is 0 Å². The van der Waals surface area contributed by atoms with Crippen molar-refractivity contribution in [2.45, 2.75) is 38.8 Å². The number of nitrogens with zero attached hydrogens (tertiary/aromatic N) is 2. The standard InChI is InChI=1S/C23H26FN3O2/c1-15(2)16-6-8-18(9-7-16)23(28)27-12-10-17(11-13-27)21-25-22(29-26-21)19-4-3-5-20(24)14-19/h3-9,14-15,17,22H,10-13H2,1-2H3,(H,25,26). The molecule has 1 amide bonds. The molecule has 2 aliphatic heterocycles. The van der Waals surface area contributed by atoms with Crippen LogP contribution in [0.2, 0.25) is 0 Å². The van der Waals surface area contributed by atoms with Crippen LogP contribution in [0.3, 0.4) is 0 Å². The second kappa shape index (κ2) is 8.23. The maximum atomic E-state index is 13.4. The highest BCUT2D eigenvalue weighted by Gasteiger charge is 2.31. The van der Waals surface area contributed by atoms with Crippen LogP contribution in [0.25, 0.3) is 0 Å². The second-order valence-corrected chi connectivity index (χ2v) is 8.00. The van der Waals surface area contributed by atoms with Crippen molar-refractivity contribution in [3.63, 3.8) is 0 Å². The lowest BCUT2D eigenvalue weighted by atomic mass is 9.94. The summed E-state index contributed by atoms with van der Waals surface area (Å²) < 4.78 is 13.4. The van der Waals surface area contributed by atoms with Crippen molar-refractivity contribution >= 4 is 11.7 Å². The summed E-state index contributed by atoms with van der Waals surface area (Å²) in [6, 6.07) is 14.2. The Hall–Kier alpha value is -2.89. The minimum atomic E-state index is -0.458. The van der Waals surface area contributed by atoms with E-state index in [2.05, 4.69) is 24.3 Å². The van der Waals surface area contributed by atoms with Gasteiger partial charge < -0.3 is 15.1 Å². The van der Waals surface area contributed by atoms with Crippen molar-refractivity contribution in [3.05, 3.63) is 71.0 Å². The van der Waals surface area contributed by atoms with E-state index in [1.807, 2.05) is 35.2 Å². The molecule has 1 fully saturated rings. The molecule has 4 rings (SSSR count). The van der Waals surface area contributed by atoms with Gasteiger partial charge in [-0.25, -0.2) is 4.39 Å². The number of amidine groups is 1. The SMILES string of the molecule is CC(C)c1ccc(C(=O)N2CCC(C3=NOC(c4cccc(F)c4)N3)CC2)cc1. The van der Waals surface area contributed by atoms with Crippen LogP contribution in [-0.2, 0) is 4.84 Å². The number of amides is 1. The molecule has 1 unspecified atom stereocenters. The van der Waals surface area contributed by atoms with Crippen LogP contribution in [-0.4, -0.2) is 29.7 Å². The molecule has 0 spiro atoms. The summed E-state index contributed by atoms with van der Waals surface area (Å²) in [6.07, 6.45) is 1.18. The van der Waals surface area contributed by atoms with Crippen LogP contribution >= 0.6 is 0 Å².